The summed E-state index contributed by atoms with van der Waals surface area (Å²) in [6, 6.07) is 38.0. The lowest BCUT2D eigenvalue weighted by Gasteiger charge is -2.39. The normalized spacial score (nSPS) is 17.4. The molecular formula is C84H71Cl5F11N9O3. The molecule has 3 spiro atoms. The number of anilines is 3. The maximum absolute atomic E-state index is 14.0. The van der Waals surface area contributed by atoms with Gasteiger partial charge in [0.2, 0.25) is 0 Å². The molecule has 6 aromatic carbocycles. The molecule has 0 bridgehead atoms. The molecule has 12 nitrogen and oxygen atoms in total. The van der Waals surface area contributed by atoms with E-state index in [1.807, 2.05) is 47.4 Å². The number of pyridine rings is 3. The molecule has 3 aromatic heterocycles. The molecule has 3 fully saturated rings. The number of alkyl halides is 9. The zero-order valence-electron chi connectivity index (χ0n) is 59.7. The average Bonchev–Trinajstić information content (AvgIpc) is 1.59. The van der Waals surface area contributed by atoms with E-state index >= 15 is 0 Å². The highest BCUT2D eigenvalue weighted by Crippen LogP contribution is 2.53. The van der Waals surface area contributed by atoms with Crippen LogP contribution in [-0.4, -0.2) is 126 Å². The molecule has 0 aliphatic carbocycles. The molecular weight excluding hydrogens is 1570 g/mol. The van der Waals surface area contributed by atoms with Crippen molar-refractivity contribution in [3.63, 3.8) is 0 Å². The Kier molecular flexibility index (Phi) is 24.3. The number of halogens is 16. The van der Waals surface area contributed by atoms with Gasteiger partial charge in [-0.1, -0.05) is 125 Å². The number of carbonyl (C=O) groups is 3. The number of fused-ring (bicyclic) bond motifs is 6. The van der Waals surface area contributed by atoms with Crippen molar-refractivity contribution < 1.29 is 62.7 Å². The van der Waals surface area contributed by atoms with Crippen molar-refractivity contribution in [2.45, 2.75) is 73.3 Å². The number of hydrogen-bond donors (Lipinski definition) is 0. The van der Waals surface area contributed by atoms with Gasteiger partial charge in [-0.2, -0.15) is 39.5 Å². The van der Waals surface area contributed by atoms with Crippen molar-refractivity contribution in [3.8, 4) is 0 Å². The van der Waals surface area contributed by atoms with Gasteiger partial charge in [0, 0.05) is 123 Å². The number of nitrogens with zero attached hydrogens (tertiary/aromatic N) is 9. The summed E-state index contributed by atoms with van der Waals surface area (Å²) < 4.78 is 147. The first-order chi connectivity index (χ1) is 53.3. The van der Waals surface area contributed by atoms with Gasteiger partial charge >= 0.3 is 18.5 Å². The molecule has 28 heteroatoms. The Balaban J connectivity index is 0.000000147. The van der Waals surface area contributed by atoms with E-state index in [-0.39, 0.29) is 51.6 Å². The van der Waals surface area contributed by atoms with Crippen LogP contribution in [0, 0.1) is 11.6 Å². The molecule has 3 amide bonds. The lowest BCUT2D eigenvalue weighted by atomic mass is 9.74. The van der Waals surface area contributed by atoms with Crippen molar-refractivity contribution in [1.82, 2.24) is 29.7 Å². The minimum atomic E-state index is -4.52. The Bertz CT molecular complexity index is 5060. The van der Waals surface area contributed by atoms with Crippen LogP contribution in [0.1, 0.15) is 120 Å². The Morgan fingerprint density at radius 1 is 0.375 bits per heavy atom. The summed E-state index contributed by atoms with van der Waals surface area (Å²) in [5.74, 6) is -1.38. The number of hydrogen-bond acceptors (Lipinski definition) is 9. The number of rotatable bonds is 12. The summed E-state index contributed by atoms with van der Waals surface area (Å²) in [4.78, 5) is 63.7. The van der Waals surface area contributed by atoms with E-state index in [1.54, 1.807) is 65.7 Å². The third kappa shape index (κ3) is 18.4. The monoisotopic (exact) mass is 1640 g/mol. The third-order valence-corrected chi connectivity index (χ3v) is 22.8. The van der Waals surface area contributed by atoms with Crippen LogP contribution in [0.5, 0.6) is 0 Å². The van der Waals surface area contributed by atoms with Crippen LogP contribution in [-0.2, 0) is 34.8 Å². The topological polar surface area (TPSA) is 109 Å². The molecule has 9 heterocycles. The molecule has 9 aromatic rings. The fourth-order valence-corrected chi connectivity index (χ4v) is 16.6. The molecule has 0 saturated carbocycles. The zero-order valence-corrected chi connectivity index (χ0v) is 63.5. The van der Waals surface area contributed by atoms with Crippen LogP contribution in [0.2, 0.25) is 25.5 Å². The van der Waals surface area contributed by atoms with Crippen molar-refractivity contribution in [2.75, 3.05) is 93.2 Å². The quantitative estimate of drug-likeness (QED) is 0.0872. The van der Waals surface area contributed by atoms with Crippen LogP contribution >= 0.6 is 58.0 Å². The predicted molar refractivity (Wildman–Crippen MR) is 416 cm³/mol. The number of carbonyl (C=O) groups excluding carboxylic acids is 3. The second-order valence-electron chi connectivity index (χ2n) is 28.7. The fraction of sp³-hybridized carbons (Fsp3) is 0.286. The van der Waals surface area contributed by atoms with Crippen LogP contribution in [0.3, 0.4) is 0 Å². The van der Waals surface area contributed by atoms with Crippen molar-refractivity contribution in [3.05, 3.63) is 298 Å². The van der Waals surface area contributed by atoms with Crippen LogP contribution in [0.15, 0.2) is 195 Å². The van der Waals surface area contributed by atoms with Gasteiger partial charge in [0.1, 0.15) is 27.1 Å². The summed E-state index contributed by atoms with van der Waals surface area (Å²) in [5, 5.41) is 1.66. The smallest absolute Gasteiger partial charge is 0.307 e. The van der Waals surface area contributed by atoms with Crippen LogP contribution in [0.25, 0.3) is 18.2 Å². The first-order valence-corrected chi connectivity index (χ1v) is 37.8. The third-order valence-electron chi connectivity index (χ3n) is 21.7. The maximum Gasteiger partial charge on any atom is 0.416 e. The van der Waals surface area contributed by atoms with E-state index in [4.69, 9.17) is 58.0 Å². The average molecular weight is 1640 g/mol. The summed E-state index contributed by atoms with van der Waals surface area (Å²) in [5.41, 5.74) is 3.72. The second-order valence-corrected chi connectivity index (χ2v) is 30.7. The van der Waals surface area contributed by atoms with E-state index in [0.29, 0.717) is 144 Å². The van der Waals surface area contributed by atoms with Gasteiger partial charge in [-0.25, -0.2) is 23.7 Å². The Hall–Kier alpha value is -9.04. The summed E-state index contributed by atoms with van der Waals surface area (Å²) in [6.45, 7) is 7.31. The highest BCUT2D eigenvalue weighted by Gasteiger charge is 2.51. The Labute approximate surface area is 664 Å². The Morgan fingerprint density at radius 3 is 1.05 bits per heavy atom. The van der Waals surface area contributed by atoms with E-state index in [9.17, 15) is 62.7 Å². The number of benzene rings is 6. The van der Waals surface area contributed by atoms with Gasteiger partial charge in [0.15, 0.2) is 0 Å². The second kappa shape index (κ2) is 33.6. The van der Waals surface area contributed by atoms with Gasteiger partial charge in [-0.15, -0.1) is 0 Å². The fourth-order valence-electron chi connectivity index (χ4n) is 15.7. The van der Waals surface area contributed by atoms with E-state index in [1.165, 1.54) is 90.1 Å². The number of amides is 3. The molecule has 6 aliphatic rings. The maximum atomic E-state index is 14.0. The number of likely N-dealkylation sites (tertiary alicyclic amines) is 3. The molecule has 6 aliphatic heterocycles. The molecule has 3 saturated heterocycles. The number of piperidine rings is 3. The summed E-state index contributed by atoms with van der Waals surface area (Å²) in [6.07, 6.45) is 6.40. The molecule has 112 heavy (non-hydrogen) atoms. The van der Waals surface area contributed by atoms with E-state index in [2.05, 4.69) is 29.7 Å². The lowest BCUT2D eigenvalue weighted by molar-refractivity contribution is -0.138. The standard InChI is InChI=1S/C29H24ClF6N3O.C28H24ClF4N3O.C27H23Cl3FN3O/c30-25-16-20(9-12-37-25)26(40)39-18-27(23-17-22(29(34,35)36)7-8-24(23)39)10-14-38(15-11-27)13-1-2-19-3-5-21(6-4-19)28(31,32)33;29-25-16-20(9-12-34-25)26(37)36-18-27(23-17-21(28(31,32)33)5-8-24(23)36)10-14-35(15-11-27)13-1-2-19-3-6-22(30)7-4-19;28-20-5-6-24-22(15-20)27(17-34(24)26(35)19-7-10-32-25(30)14-19)8-12-33(13-9-27)11-1-2-18-3-4-21(29)16-23(18)31/h1-9,12,16-17H,10-11,13-15,18H2;1-9,12,16-17H,10-11,13-15,18H2;1-7,10,14-16H,8-9,11-13,17H2/b3*2-1+. The van der Waals surface area contributed by atoms with Crippen LogP contribution < -0.4 is 14.7 Å². The highest BCUT2D eigenvalue weighted by atomic mass is 35.5. The van der Waals surface area contributed by atoms with Crippen LogP contribution in [0.4, 0.5) is 65.4 Å². The SMILES string of the molecule is O=C(c1ccnc(Cl)c1)N1CC2(CCN(C/C=C/c3ccc(C(F)(F)F)cc3)CC2)c2cc(C(F)(F)F)ccc21.O=C(c1ccnc(Cl)c1)N1CC2(CCN(C/C=C/c3ccc(Cl)cc3F)CC2)c2cc(Cl)ccc21.O=C(c1ccnc(Cl)c1)N1CC2(CCN(C/C=C/c3ccc(F)cc3)CC2)c2cc(C(F)(F)F)ccc21. The zero-order chi connectivity index (χ0) is 79.5. The van der Waals surface area contributed by atoms with Crippen molar-refractivity contribution in [1.29, 1.82) is 0 Å². The van der Waals surface area contributed by atoms with E-state index < -0.39 is 46.0 Å². The minimum absolute atomic E-state index is 0.0925. The summed E-state index contributed by atoms with van der Waals surface area (Å²) >= 11 is 30.2. The first kappa shape index (κ1) is 81.0. The molecule has 0 atom stereocenters. The van der Waals surface area contributed by atoms with Crippen molar-refractivity contribution >= 4 is 111 Å². The Morgan fingerprint density at radius 2 is 0.696 bits per heavy atom. The van der Waals surface area contributed by atoms with Gasteiger partial charge in [-0.3, -0.25) is 29.1 Å². The van der Waals surface area contributed by atoms with Gasteiger partial charge in [-0.05, 0) is 233 Å². The highest BCUT2D eigenvalue weighted by molar-refractivity contribution is 6.32. The molecule has 582 valence electrons. The van der Waals surface area contributed by atoms with E-state index in [0.717, 1.165) is 73.6 Å². The summed E-state index contributed by atoms with van der Waals surface area (Å²) in [7, 11) is 0. The van der Waals surface area contributed by atoms with Gasteiger partial charge < -0.3 is 14.7 Å². The predicted octanol–water partition coefficient (Wildman–Crippen LogP) is 21.0. The first-order valence-electron chi connectivity index (χ1n) is 35.9. The molecule has 0 N–H and O–H groups in total. The van der Waals surface area contributed by atoms with Crippen molar-refractivity contribution in [2.24, 2.45) is 0 Å². The molecule has 15 rings (SSSR count). The van der Waals surface area contributed by atoms with Gasteiger partial charge in [0.05, 0.1) is 16.7 Å². The molecule has 0 radical (unpaired) electrons. The van der Waals surface area contributed by atoms with Gasteiger partial charge in [0.25, 0.3) is 17.7 Å². The molecule has 0 unspecified atom stereocenters. The lowest BCUT2D eigenvalue weighted by Crippen LogP contribution is -2.46. The minimum Gasteiger partial charge on any atom is -0.307 e. The number of aromatic nitrogens is 3. The largest absolute Gasteiger partial charge is 0.416 e.